The van der Waals surface area contributed by atoms with E-state index in [4.69, 9.17) is 15.5 Å². The topological polar surface area (TPSA) is 72.5 Å². The van der Waals surface area contributed by atoms with Crippen LogP contribution in [0.25, 0.3) is 0 Å². The molecule has 1 heterocycles. The Labute approximate surface area is 166 Å². The number of guanidine groups is 1. The molecule has 0 fully saturated rings. The highest BCUT2D eigenvalue weighted by Crippen LogP contribution is 2.20. The molecular formula is C19H25IN4O. The molecular weight excluding hydrogens is 427 g/mol. The lowest BCUT2D eigenvalue weighted by Gasteiger charge is -2.15. The Morgan fingerprint density at radius 1 is 1.20 bits per heavy atom. The minimum Gasteiger partial charge on any atom is -0.380 e. The summed E-state index contributed by atoms with van der Waals surface area (Å²) < 4.78 is 5.20. The third-order valence-electron chi connectivity index (χ3n) is 4.23. The molecule has 6 heteroatoms. The van der Waals surface area contributed by atoms with E-state index in [0.29, 0.717) is 19.1 Å². The van der Waals surface area contributed by atoms with Gasteiger partial charge in [-0.25, -0.2) is 4.99 Å². The first-order valence-corrected chi connectivity index (χ1v) is 8.37. The molecule has 1 aliphatic rings. The van der Waals surface area contributed by atoms with Crippen LogP contribution in [0.3, 0.4) is 0 Å². The molecule has 25 heavy (non-hydrogen) atoms. The van der Waals surface area contributed by atoms with E-state index in [1.807, 2.05) is 24.3 Å². The number of fused-ring (bicyclic) bond motifs is 1. The van der Waals surface area contributed by atoms with Crippen LogP contribution in [0.5, 0.6) is 0 Å². The number of nitrogens with one attached hydrogen (secondary N) is 1. The lowest BCUT2D eigenvalue weighted by molar-refractivity contribution is 0.185. The number of methoxy groups -OCH3 is 1. The van der Waals surface area contributed by atoms with Gasteiger partial charge in [0.1, 0.15) is 0 Å². The van der Waals surface area contributed by atoms with Crippen molar-refractivity contribution in [1.82, 2.24) is 4.98 Å². The summed E-state index contributed by atoms with van der Waals surface area (Å²) in [5, 5.41) is 3.15. The van der Waals surface area contributed by atoms with Gasteiger partial charge in [0.2, 0.25) is 0 Å². The van der Waals surface area contributed by atoms with Crippen molar-refractivity contribution in [2.45, 2.75) is 38.8 Å². The normalized spacial score (nSPS) is 13.7. The highest BCUT2D eigenvalue weighted by Gasteiger charge is 2.10. The molecule has 0 aliphatic heterocycles. The van der Waals surface area contributed by atoms with Crippen LogP contribution in [-0.4, -0.2) is 18.1 Å². The zero-order chi connectivity index (χ0) is 16.8. The number of benzene rings is 1. The number of rotatable bonds is 5. The number of nitrogens with two attached hydrogens (primary N) is 1. The smallest absolute Gasteiger partial charge is 0.193 e. The Kier molecular flexibility index (Phi) is 7.64. The first-order valence-electron chi connectivity index (χ1n) is 8.37. The van der Waals surface area contributed by atoms with Gasteiger partial charge in [0.15, 0.2) is 5.96 Å². The van der Waals surface area contributed by atoms with Crippen LogP contribution in [0, 0.1) is 0 Å². The van der Waals surface area contributed by atoms with Crippen molar-refractivity contribution in [2.24, 2.45) is 10.7 Å². The van der Waals surface area contributed by atoms with Crippen molar-refractivity contribution >= 4 is 35.6 Å². The number of aryl methyl sites for hydroxylation is 2. The maximum absolute atomic E-state index is 6.03. The van der Waals surface area contributed by atoms with Crippen molar-refractivity contribution in [3.8, 4) is 0 Å². The molecule has 0 amide bonds. The molecule has 2 aromatic rings. The average molecular weight is 452 g/mol. The molecule has 1 aliphatic carbocycles. The SMILES string of the molecule is COCc1ccccc1NC(N)=NCc1ccc2c(n1)CCCC2.I. The molecule has 1 aromatic carbocycles. The van der Waals surface area contributed by atoms with Gasteiger partial charge in [-0.2, -0.15) is 0 Å². The standard InChI is InChI=1S/C19H24N4O.HI/c1-24-13-15-7-3-5-9-18(15)23-19(20)21-12-16-11-10-14-6-2-4-8-17(14)22-16;/h3,5,7,9-11H,2,4,6,8,12-13H2,1H3,(H3,20,21,23);1H. The Balaban J connectivity index is 0.00000225. The van der Waals surface area contributed by atoms with Gasteiger partial charge in [-0.1, -0.05) is 24.3 Å². The Bertz CT molecular complexity index is 733. The van der Waals surface area contributed by atoms with Crippen LogP contribution < -0.4 is 11.1 Å². The number of nitrogens with zero attached hydrogens (tertiary/aromatic N) is 2. The van der Waals surface area contributed by atoms with Gasteiger partial charge in [-0.3, -0.25) is 4.98 Å². The van der Waals surface area contributed by atoms with E-state index in [9.17, 15) is 0 Å². The Hall–Kier alpha value is -1.67. The van der Waals surface area contributed by atoms with E-state index >= 15 is 0 Å². The molecule has 0 atom stereocenters. The zero-order valence-electron chi connectivity index (χ0n) is 14.5. The first kappa shape index (κ1) is 19.7. The number of anilines is 1. The summed E-state index contributed by atoms with van der Waals surface area (Å²) in [5.74, 6) is 0.387. The third-order valence-corrected chi connectivity index (χ3v) is 4.23. The van der Waals surface area contributed by atoms with Gasteiger partial charge in [-0.05, 0) is 43.4 Å². The molecule has 1 aromatic heterocycles. The Morgan fingerprint density at radius 2 is 2.00 bits per heavy atom. The van der Waals surface area contributed by atoms with Crippen LogP contribution in [0.4, 0.5) is 5.69 Å². The van der Waals surface area contributed by atoms with Crippen LogP contribution in [0.15, 0.2) is 41.4 Å². The molecule has 0 saturated heterocycles. The molecule has 5 nitrogen and oxygen atoms in total. The predicted octanol–water partition coefficient (Wildman–Crippen LogP) is 3.65. The summed E-state index contributed by atoms with van der Waals surface area (Å²) in [6, 6.07) is 12.1. The summed E-state index contributed by atoms with van der Waals surface area (Å²) >= 11 is 0. The number of aliphatic imine (C=N–C) groups is 1. The summed E-state index contributed by atoms with van der Waals surface area (Å²) in [5.41, 5.74) is 11.6. The van der Waals surface area contributed by atoms with Gasteiger partial charge in [0.25, 0.3) is 0 Å². The van der Waals surface area contributed by atoms with Gasteiger partial charge in [0, 0.05) is 24.1 Å². The van der Waals surface area contributed by atoms with Crippen molar-refractivity contribution < 1.29 is 4.74 Å². The minimum absolute atomic E-state index is 0. The summed E-state index contributed by atoms with van der Waals surface area (Å²) in [7, 11) is 1.68. The van der Waals surface area contributed by atoms with Gasteiger partial charge >= 0.3 is 0 Å². The molecule has 0 radical (unpaired) electrons. The molecule has 0 spiro atoms. The number of hydrogen-bond acceptors (Lipinski definition) is 3. The van der Waals surface area contributed by atoms with Crippen molar-refractivity contribution in [3.05, 3.63) is 58.9 Å². The number of pyridine rings is 1. The number of hydrogen-bond donors (Lipinski definition) is 2. The Morgan fingerprint density at radius 3 is 2.84 bits per heavy atom. The van der Waals surface area contributed by atoms with E-state index in [-0.39, 0.29) is 24.0 Å². The van der Waals surface area contributed by atoms with E-state index in [0.717, 1.165) is 29.8 Å². The monoisotopic (exact) mass is 452 g/mol. The number of aromatic nitrogens is 1. The van der Waals surface area contributed by atoms with E-state index in [1.165, 1.54) is 24.1 Å². The maximum atomic E-state index is 6.03. The van der Waals surface area contributed by atoms with Crippen LogP contribution in [-0.2, 0) is 30.7 Å². The van der Waals surface area contributed by atoms with Crippen molar-refractivity contribution in [2.75, 3.05) is 12.4 Å². The largest absolute Gasteiger partial charge is 0.380 e. The average Bonchev–Trinajstić information content (AvgIpc) is 2.62. The summed E-state index contributed by atoms with van der Waals surface area (Å²) in [6.07, 6.45) is 4.72. The van der Waals surface area contributed by atoms with Gasteiger partial charge in [-0.15, -0.1) is 24.0 Å². The van der Waals surface area contributed by atoms with Gasteiger partial charge < -0.3 is 15.8 Å². The molecule has 0 saturated carbocycles. The number of para-hydroxylation sites is 1. The summed E-state index contributed by atoms with van der Waals surface area (Å²) in [4.78, 5) is 9.15. The number of ether oxygens (including phenoxy) is 1. The fourth-order valence-corrected chi connectivity index (χ4v) is 2.98. The molecule has 0 bridgehead atoms. The minimum atomic E-state index is 0. The second kappa shape index (κ2) is 9.72. The van der Waals surface area contributed by atoms with Crippen molar-refractivity contribution in [1.29, 1.82) is 0 Å². The fraction of sp³-hybridized carbons (Fsp3) is 0.368. The fourth-order valence-electron chi connectivity index (χ4n) is 2.98. The van der Waals surface area contributed by atoms with Crippen LogP contribution >= 0.6 is 24.0 Å². The molecule has 3 N–H and O–H groups in total. The highest BCUT2D eigenvalue weighted by molar-refractivity contribution is 14.0. The van der Waals surface area contributed by atoms with Crippen LogP contribution in [0.1, 0.15) is 35.4 Å². The molecule has 0 unspecified atom stereocenters. The summed E-state index contributed by atoms with van der Waals surface area (Å²) in [6.45, 7) is 1.02. The highest BCUT2D eigenvalue weighted by atomic mass is 127. The van der Waals surface area contributed by atoms with E-state index in [1.54, 1.807) is 7.11 Å². The molecule has 134 valence electrons. The lowest BCUT2D eigenvalue weighted by atomic mass is 9.96. The van der Waals surface area contributed by atoms with Crippen molar-refractivity contribution in [3.63, 3.8) is 0 Å². The number of halogens is 1. The van der Waals surface area contributed by atoms with Gasteiger partial charge in [0.05, 0.1) is 18.8 Å². The van der Waals surface area contributed by atoms with E-state index < -0.39 is 0 Å². The first-order chi connectivity index (χ1) is 11.8. The molecule has 3 rings (SSSR count). The lowest BCUT2D eigenvalue weighted by Crippen LogP contribution is -2.23. The maximum Gasteiger partial charge on any atom is 0.193 e. The zero-order valence-corrected chi connectivity index (χ0v) is 16.8. The second-order valence-corrected chi connectivity index (χ2v) is 6.03. The quantitative estimate of drug-likeness (QED) is 0.413. The third kappa shape index (κ3) is 5.40. The van der Waals surface area contributed by atoms with E-state index in [2.05, 4.69) is 22.4 Å². The van der Waals surface area contributed by atoms with Crippen LogP contribution in [0.2, 0.25) is 0 Å². The predicted molar refractivity (Wildman–Crippen MR) is 112 cm³/mol. The second-order valence-electron chi connectivity index (χ2n) is 6.03.